The highest BCUT2D eigenvalue weighted by molar-refractivity contribution is 6.13. The van der Waals surface area contributed by atoms with Crippen molar-refractivity contribution in [3.63, 3.8) is 0 Å². The summed E-state index contributed by atoms with van der Waals surface area (Å²) in [7, 11) is 6.02. The van der Waals surface area contributed by atoms with Crippen LogP contribution in [0.25, 0.3) is 38.9 Å². The van der Waals surface area contributed by atoms with Crippen molar-refractivity contribution < 1.29 is 4.79 Å². The lowest BCUT2D eigenvalue weighted by atomic mass is 9.98. The first-order valence-corrected chi connectivity index (χ1v) is 11.1. The predicted octanol–water partition coefficient (Wildman–Crippen LogP) is 3.67. The third kappa shape index (κ3) is 3.78. The van der Waals surface area contributed by atoms with Crippen LogP contribution in [-0.4, -0.2) is 64.6 Å². The lowest BCUT2D eigenvalue weighted by Gasteiger charge is -2.24. The number of H-pyrrole nitrogens is 1. The van der Waals surface area contributed by atoms with Crippen LogP contribution in [0, 0.1) is 0 Å². The van der Waals surface area contributed by atoms with Crippen LogP contribution in [0.5, 0.6) is 0 Å². The van der Waals surface area contributed by atoms with Crippen molar-refractivity contribution in [1.82, 2.24) is 24.4 Å². The standard InChI is InChI=1S/C26H27N7O/c1-31(2)11-12-32(3)22-14-19(24-25(29-15-28-24)23(22)26(27)34)17-9-10-21-20(13-17)30-16-33(21)18-7-5-4-6-8-18/h4-10,13-16H,11-12H2,1-3H3,(H2,27,34)(H,28,29). The maximum absolute atomic E-state index is 12.5. The van der Waals surface area contributed by atoms with E-state index in [1.54, 1.807) is 6.33 Å². The molecule has 5 aromatic rings. The number of anilines is 1. The Morgan fingerprint density at radius 2 is 1.82 bits per heavy atom. The van der Waals surface area contributed by atoms with Crippen molar-refractivity contribution in [2.45, 2.75) is 0 Å². The third-order valence-corrected chi connectivity index (χ3v) is 6.11. The van der Waals surface area contributed by atoms with Gasteiger partial charge in [0.05, 0.1) is 39.6 Å². The zero-order chi connectivity index (χ0) is 23.8. The summed E-state index contributed by atoms with van der Waals surface area (Å²) in [6.45, 7) is 1.58. The smallest absolute Gasteiger partial charge is 0.253 e. The van der Waals surface area contributed by atoms with Gasteiger partial charge in [-0.05, 0) is 50.0 Å². The van der Waals surface area contributed by atoms with Gasteiger partial charge in [-0.1, -0.05) is 24.3 Å². The number of para-hydroxylation sites is 1. The van der Waals surface area contributed by atoms with Crippen molar-refractivity contribution in [2.24, 2.45) is 5.73 Å². The van der Waals surface area contributed by atoms with Crippen LogP contribution in [0.3, 0.4) is 0 Å². The van der Waals surface area contributed by atoms with Gasteiger partial charge in [-0.2, -0.15) is 0 Å². The Morgan fingerprint density at radius 1 is 1.03 bits per heavy atom. The molecule has 8 heteroatoms. The molecule has 0 unspecified atom stereocenters. The van der Waals surface area contributed by atoms with E-state index < -0.39 is 5.91 Å². The van der Waals surface area contributed by atoms with Crippen LogP contribution in [0.4, 0.5) is 5.69 Å². The molecule has 0 saturated carbocycles. The Labute approximate surface area is 197 Å². The highest BCUT2D eigenvalue weighted by Crippen LogP contribution is 2.36. The number of nitrogens with two attached hydrogens (primary N) is 1. The fourth-order valence-electron chi connectivity index (χ4n) is 4.31. The van der Waals surface area contributed by atoms with Crippen LogP contribution in [-0.2, 0) is 0 Å². The zero-order valence-electron chi connectivity index (χ0n) is 19.5. The molecule has 1 amide bonds. The second-order valence-corrected chi connectivity index (χ2v) is 8.69. The highest BCUT2D eigenvalue weighted by atomic mass is 16.1. The molecule has 0 aliphatic heterocycles. The van der Waals surface area contributed by atoms with E-state index in [9.17, 15) is 4.79 Å². The number of imidazole rings is 2. The van der Waals surface area contributed by atoms with Crippen molar-refractivity contribution in [3.05, 3.63) is 72.8 Å². The summed E-state index contributed by atoms with van der Waals surface area (Å²) in [5.74, 6) is -0.482. The Kier molecular flexibility index (Phi) is 5.51. The molecule has 2 aromatic heterocycles. The van der Waals surface area contributed by atoms with Crippen LogP contribution in [0.1, 0.15) is 10.4 Å². The third-order valence-electron chi connectivity index (χ3n) is 6.11. The Bertz CT molecular complexity index is 1480. The molecule has 3 aromatic carbocycles. The van der Waals surface area contributed by atoms with Crippen molar-refractivity contribution in [2.75, 3.05) is 39.1 Å². The van der Waals surface area contributed by atoms with Gasteiger partial charge in [0.2, 0.25) is 0 Å². The monoisotopic (exact) mass is 453 g/mol. The summed E-state index contributed by atoms with van der Waals surface area (Å²) < 4.78 is 2.07. The highest BCUT2D eigenvalue weighted by Gasteiger charge is 2.22. The van der Waals surface area contributed by atoms with Gasteiger partial charge in [0.25, 0.3) is 5.91 Å². The lowest BCUT2D eigenvalue weighted by Crippen LogP contribution is -2.30. The second-order valence-electron chi connectivity index (χ2n) is 8.69. The van der Waals surface area contributed by atoms with Crippen LogP contribution in [0.15, 0.2) is 67.3 Å². The van der Waals surface area contributed by atoms with Gasteiger partial charge in [-0.15, -0.1) is 0 Å². The summed E-state index contributed by atoms with van der Waals surface area (Å²) in [5.41, 5.74) is 13.2. The van der Waals surface area contributed by atoms with Gasteiger partial charge in [-0.3, -0.25) is 9.36 Å². The van der Waals surface area contributed by atoms with E-state index in [0.29, 0.717) is 16.6 Å². The minimum atomic E-state index is -0.482. The number of aromatic nitrogens is 4. The topological polar surface area (TPSA) is 96.1 Å². The maximum atomic E-state index is 12.5. The van der Waals surface area contributed by atoms with Crippen molar-refractivity contribution in [1.29, 1.82) is 0 Å². The zero-order valence-corrected chi connectivity index (χ0v) is 19.5. The first kappa shape index (κ1) is 21.7. The number of nitrogens with zero attached hydrogens (tertiary/aromatic N) is 5. The van der Waals surface area contributed by atoms with Gasteiger partial charge in [-0.25, -0.2) is 9.97 Å². The summed E-state index contributed by atoms with van der Waals surface area (Å²) in [6.07, 6.45) is 3.44. The fraction of sp³-hybridized carbons (Fsp3) is 0.192. The summed E-state index contributed by atoms with van der Waals surface area (Å²) in [5, 5.41) is 0. The molecule has 0 atom stereocenters. The average molecular weight is 454 g/mol. The van der Waals surface area contributed by atoms with Gasteiger partial charge >= 0.3 is 0 Å². The van der Waals surface area contributed by atoms with Crippen molar-refractivity contribution in [3.8, 4) is 16.8 Å². The first-order valence-electron chi connectivity index (χ1n) is 11.1. The van der Waals surface area contributed by atoms with Gasteiger partial charge in [0.1, 0.15) is 6.33 Å². The number of aromatic amines is 1. The summed E-state index contributed by atoms with van der Waals surface area (Å²) in [6, 6.07) is 18.3. The van der Waals surface area contributed by atoms with E-state index in [1.165, 1.54) is 0 Å². The number of hydrogen-bond acceptors (Lipinski definition) is 5. The molecule has 8 nitrogen and oxygen atoms in total. The Morgan fingerprint density at radius 3 is 2.56 bits per heavy atom. The summed E-state index contributed by atoms with van der Waals surface area (Å²) in [4.78, 5) is 28.9. The number of benzene rings is 3. The SMILES string of the molecule is CN(C)CCN(C)c1cc(-c2ccc3c(c2)ncn3-c2ccccc2)c2nc[nH]c2c1C(N)=O. The van der Waals surface area contributed by atoms with Gasteiger partial charge in [0, 0.05) is 31.4 Å². The molecular formula is C26H27N7O. The number of carbonyl (C=O) groups is 1. The fourth-order valence-corrected chi connectivity index (χ4v) is 4.31. The molecule has 172 valence electrons. The molecule has 0 spiro atoms. The van der Waals surface area contributed by atoms with E-state index in [4.69, 9.17) is 5.73 Å². The largest absolute Gasteiger partial charge is 0.373 e. The molecule has 0 bridgehead atoms. The molecule has 0 aliphatic rings. The number of hydrogen-bond donors (Lipinski definition) is 2. The number of fused-ring (bicyclic) bond motifs is 2. The van der Waals surface area contributed by atoms with E-state index >= 15 is 0 Å². The van der Waals surface area contributed by atoms with Gasteiger partial charge < -0.3 is 20.5 Å². The number of likely N-dealkylation sites (N-methyl/N-ethyl adjacent to an activating group) is 2. The number of carbonyl (C=O) groups excluding carboxylic acids is 1. The second kappa shape index (κ2) is 8.64. The van der Waals surface area contributed by atoms with Crippen LogP contribution < -0.4 is 10.6 Å². The minimum Gasteiger partial charge on any atom is -0.373 e. The molecule has 0 saturated heterocycles. The molecular weight excluding hydrogens is 426 g/mol. The van der Waals surface area contributed by atoms with E-state index in [-0.39, 0.29) is 0 Å². The Balaban J connectivity index is 1.65. The number of nitrogens with one attached hydrogen (secondary N) is 1. The Hall–Kier alpha value is -4.17. The number of amides is 1. The molecule has 5 rings (SSSR count). The van der Waals surface area contributed by atoms with Gasteiger partial charge in [0.15, 0.2) is 0 Å². The molecule has 3 N–H and O–H groups in total. The van der Waals surface area contributed by atoms with E-state index in [0.717, 1.165) is 46.6 Å². The maximum Gasteiger partial charge on any atom is 0.253 e. The predicted molar refractivity (Wildman–Crippen MR) is 136 cm³/mol. The first-order chi connectivity index (χ1) is 16.4. The van der Waals surface area contributed by atoms with E-state index in [1.807, 2.05) is 51.7 Å². The minimum absolute atomic E-state index is 0.451. The molecule has 0 fully saturated rings. The summed E-state index contributed by atoms with van der Waals surface area (Å²) >= 11 is 0. The van der Waals surface area contributed by atoms with E-state index in [2.05, 4.69) is 59.7 Å². The van der Waals surface area contributed by atoms with Crippen molar-refractivity contribution >= 4 is 33.7 Å². The average Bonchev–Trinajstić information content (AvgIpc) is 3.48. The quantitative estimate of drug-likeness (QED) is 0.392. The normalized spacial score (nSPS) is 11.5. The van der Waals surface area contributed by atoms with Crippen LogP contribution in [0.2, 0.25) is 0 Å². The number of rotatable bonds is 7. The molecule has 2 heterocycles. The molecule has 0 radical (unpaired) electrons. The molecule has 0 aliphatic carbocycles. The lowest BCUT2D eigenvalue weighted by molar-refractivity contribution is 0.100. The number of primary amides is 1. The van der Waals surface area contributed by atoms with Crippen LogP contribution >= 0.6 is 0 Å². The molecule has 34 heavy (non-hydrogen) atoms.